The molecular weight excluding hydrogens is 344 g/mol. The summed E-state index contributed by atoms with van der Waals surface area (Å²) in [4.78, 5) is 34.7. The van der Waals surface area contributed by atoms with Crippen LogP contribution in [0.5, 0.6) is 5.75 Å². The minimum Gasteiger partial charge on any atom is -0.484 e. The summed E-state index contributed by atoms with van der Waals surface area (Å²) in [6.07, 6.45) is 4.77. The summed E-state index contributed by atoms with van der Waals surface area (Å²) < 4.78 is 5.33. The van der Waals surface area contributed by atoms with Gasteiger partial charge in [-0.25, -0.2) is 0 Å². The Balaban J connectivity index is 1.62. The van der Waals surface area contributed by atoms with Crippen molar-refractivity contribution in [2.24, 2.45) is 0 Å². The van der Waals surface area contributed by atoms with E-state index >= 15 is 0 Å². The fraction of sp³-hybridized carbons (Fsp3) is 0.294. The van der Waals surface area contributed by atoms with Crippen molar-refractivity contribution in [3.8, 4) is 5.75 Å². The Morgan fingerprint density at radius 1 is 1.28 bits per heavy atom. The van der Waals surface area contributed by atoms with E-state index in [0.717, 1.165) is 37.5 Å². The largest absolute Gasteiger partial charge is 0.484 e. The second-order valence-corrected chi connectivity index (χ2v) is 6.76. The third kappa shape index (κ3) is 3.85. The molecule has 8 heteroatoms. The van der Waals surface area contributed by atoms with Crippen molar-refractivity contribution in [2.75, 3.05) is 11.9 Å². The lowest BCUT2D eigenvalue weighted by atomic mass is 9.96. The van der Waals surface area contributed by atoms with E-state index in [4.69, 9.17) is 4.74 Å². The monoisotopic (exact) mass is 360 g/mol. The maximum atomic E-state index is 12.1. The Morgan fingerprint density at radius 3 is 2.68 bits per heavy atom. The maximum absolute atomic E-state index is 12.1. The standard InChI is InChI=1S/C17H16N2O5S/c20-9-14-13-3-1-2-4-15(13)25-17(14)18-16(21)10-24-12-7-5-11(6-8-12)19(22)23/h5-9H,1-4,10H2,(H,18,21). The topological polar surface area (TPSA) is 98.5 Å². The van der Waals surface area contributed by atoms with E-state index in [9.17, 15) is 19.7 Å². The summed E-state index contributed by atoms with van der Waals surface area (Å²) in [6.45, 7) is -0.237. The molecule has 0 saturated carbocycles. The van der Waals surface area contributed by atoms with Crippen molar-refractivity contribution in [1.82, 2.24) is 0 Å². The highest BCUT2D eigenvalue weighted by Gasteiger charge is 2.21. The molecule has 0 aliphatic heterocycles. The molecule has 1 amide bonds. The summed E-state index contributed by atoms with van der Waals surface area (Å²) >= 11 is 1.45. The number of benzene rings is 1. The zero-order valence-corrected chi connectivity index (χ0v) is 14.1. The zero-order valence-electron chi connectivity index (χ0n) is 13.3. The van der Waals surface area contributed by atoms with Crippen LogP contribution in [0.2, 0.25) is 0 Å². The number of rotatable bonds is 6. The average molecular weight is 360 g/mol. The SMILES string of the molecule is O=Cc1c(NC(=O)COc2ccc([N+](=O)[O-])cc2)sc2c1CCCC2. The summed E-state index contributed by atoms with van der Waals surface area (Å²) in [5, 5.41) is 13.9. The Morgan fingerprint density at radius 2 is 2.00 bits per heavy atom. The first kappa shape index (κ1) is 17.1. The smallest absolute Gasteiger partial charge is 0.269 e. The van der Waals surface area contributed by atoms with E-state index in [0.29, 0.717) is 16.3 Å². The molecule has 0 saturated heterocycles. The number of thiophene rings is 1. The normalized spacial score (nSPS) is 13.0. The van der Waals surface area contributed by atoms with E-state index in [1.54, 1.807) is 0 Å². The van der Waals surface area contributed by atoms with Gasteiger partial charge in [-0.3, -0.25) is 19.7 Å². The van der Waals surface area contributed by atoms with Crippen LogP contribution >= 0.6 is 11.3 Å². The highest BCUT2D eigenvalue weighted by atomic mass is 32.1. The molecular formula is C17H16N2O5S. The molecule has 0 bridgehead atoms. The minimum atomic E-state index is -0.504. The zero-order chi connectivity index (χ0) is 17.8. The van der Waals surface area contributed by atoms with E-state index in [-0.39, 0.29) is 18.2 Å². The van der Waals surface area contributed by atoms with Gasteiger partial charge < -0.3 is 10.1 Å². The molecule has 1 aliphatic carbocycles. The van der Waals surface area contributed by atoms with Gasteiger partial charge in [-0.15, -0.1) is 11.3 Å². The van der Waals surface area contributed by atoms with Gasteiger partial charge >= 0.3 is 0 Å². The van der Waals surface area contributed by atoms with Crippen LogP contribution < -0.4 is 10.1 Å². The molecule has 0 spiro atoms. The molecule has 3 rings (SSSR count). The van der Waals surface area contributed by atoms with Crippen LogP contribution in [0.1, 0.15) is 33.6 Å². The summed E-state index contributed by atoms with van der Waals surface area (Å²) in [5.41, 5.74) is 1.58. The number of aryl methyl sites for hydroxylation is 1. The lowest BCUT2D eigenvalue weighted by Crippen LogP contribution is -2.20. The Hall–Kier alpha value is -2.74. The first-order valence-corrected chi connectivity index (χ1v) is 8.67. The lowest BCUT2D eigenvalue weighted by Gasteiger charge is -2.10. The molecule has 2 aromatic rings. The summed E-state index contributed by atoms with van der Waals surface area (Å²) in [5.74, 6) is -0.0121. The fourth-order valence-corrected chi connectivity index (χ4v) is 4.06. The molecule has 1 aromatic carbocycles. The number of nitro benzene ring substituents is 1. The Bertz CT molecular complexity index is 813. The van der Waals surface area contributed by atoms with Crippen molar-refractivity contribution in [3.05, 3.63) is 50.4 Å². The first-order chi connectivity index (χ1) is 12.1. The number of nitrogens with one attached hydrogen (secondary N) is 1. The first-order valence-electron chi connectivity index (χ1n) is 7.85. The number of carbonyl (C=O) groups is 2. The minimum absolute atomic E-state index is 0.0448. The number of non-ortho nitro benzene ring substituents is 1. The van der Waals surface area contributed by atoms with E-state index < -0.39 is 4.92 Å². The van der Waals surface area contributed by atoms with Gasteiger partial charge in [0.15, 0.2) is 12.9 Å². The van der Waals surface area contributed by atoms with Gasteiger partial charge in [-0.05, 0) is 43.4 Å². The molecule has 1 N–H and O–H groups in total. The number of nitro groups is 1. The number of carbonyl (C=O) groups excluding carboxylic acids is 2. The van der Waals surface area contributed by atoms with E-state index in [1.807, 2.05) is 0 Å². The molecule has 25 heavy (non-hydrogen) atoms. The van der Waals surface area contributed by atoms with Gasteiger partial charge in [-0.1, -0.05) is 0 Å². The molecule has 1 aliphatic rings. The molecule has 0 atom stereocenters. The third-order valence-electron chi connectivity index (χ3n) is 4.00. The fourth-order valence-electron chi connectivity index (χ4n) is 2.78. The predicted molar refractivity (Wildman–Crippen MR) is 93.6 cm³/mol. The van der Waals surface area contributed by atoms with E-state index in [2.05, 4.69) is 5.32 Å². The van der Waals surface area contributed by atoms with Crippen LogP contribution in [0.25, 0.3) is 0 Å². The van der Waals surface area contributed by atoms with Crippen molar-refractivity contribution >= 4 is 34.2 Å². The second kappa shape index (κ2) is 7.43. The van der Waals surface area contributed by atoms with Crippen LogP contribution in [0.3, 0.4) is 0 Å². The van der Waals surface area contributed by atoms with Gasteiger partial charge in [0.2, 0.25) is 0 Å². The average Bonchev–Trinajstić information content (AvgIpc) is 2.97. The van der Waals surface area contributed by atoms with Crippen LogP contribution in [0.15, 0.2) is 24.3 Å². The Labute approximate surface area is 147 Å². The summed E-state index contributed by atoms with van der Waals surface area (Å²) in [7, 11) is 0. The van der Waals surface area contributed by atoms with Crippen LogP contribution in [0, 0.1) is 10.1 Å². The van der Waals surface area contributed by atoms with Crippen molar-refractivity contribution in [2.45, 2.75) is 25.7 Å². The van der Waals surface area contributed by atoms with Gasteiger partial charge in [0.1, 0.15) is 10.8 Å². The van der Waals surface area contributed by atoms with Crippen LogP contribution in [0.4, 0.5) is 10.7 Å². The van der Waals surface area contributed by atoms with Crippen molar-refractivity contribution in [1.29, 1.82) is 0 Å². The molecule has 1 heterocycles. The Kier molecular flexibility index (Phi) is 5.08. The van der Waals surface area contributed by atoms with Crippen molar-refractivity contribution < 1.29 is 19.2 Å². The third-order valence-corrected chi connectivity index (χ3v) is 5.22. The number of ether oxygens (including phenoxy) is 1. The highest BCUT2D eigenvalue weighted by Crippen LogP contribution is 2.37. The van der Waals surface area contributed by atoms with Gasteiger partial charge in [0.05, 0.1) is 10.5 Å². The highest BCUT2D eigenvalue weighted by molar-refractivity contribution is 7.16. The van der Waals surface area contributed by atoms with Crippen molar-refractivity contribution in [3.63, 3.8) is 0 Å². The molecule has 7 nitrogen and oxygen atoms in total. The molecule has 0 unspecified atom stereocenters. The number of fused-ring (bicyclic) bond motifs is 1. The number of anilines is 1. The van der Waals surface area contributed by atoms with Gasteiger partial charge in [-0.2, -0.15) is 0 Å². The molecule has 0 fully saturated rings. The van der Waals surface area contributed by atoms with Crippen LogP contribution in [-0.2, 0) is 17.6 Å². The number of amides is 1. The number of hydrogen-bond acceptors (Lipinski definition) is 6. The molecule has 130 valence electrons. The van der Waals surface area contributed by atoms with Gasteiger partial charge in [0, 0.05) is 17.0 Å². The van der Waals surface area contributed by atoms with Gasteiger partial charge in [0.25, 0.3) is 11.6 Å². The number of nitrogens with zero attached hydrogens (tertiary/aromatic N) is 1. The molecule has 0 radical (unpaired) electrons. The van der Waals surface area contributed by atoms with E-state index in [1.165, 1.54) is 40.5 Å². The van der Waals surface area contributed by atoms with Crippen LogP contribution in [-0.4, -0.2) is 23.7 Å². The summed E-state index contributed by atoms with van der Waals surface area (Å²) in [6, 6.07) is 5.49. The maximum Gasteiger partial charge on any atom is 0.269 e. The predicted octanol–water partition coefficient (Wildman–Crippen LogP) is 3.37. The quantitative estimate of drug-likeness (QED) is 0.484. The number of hydrogen-bond donors (Lipinski definition) is 1. The lowest BCUT2D eigenvalue weighted by molar-refractivity contribution is -0.384. The second-order valence-electron chi connectivity index (χ2n) is 5.66. The number of aldehydes is 1. The molecule has 1 aromatic heterocycles.